The van der Waals surface area contributed by atoms with E-state index in [9.17, 15) is 4.79 Å². The number of benzene rings is 2. The predicted octanol–water partition coefficient (Wildman–Crippen LogP) is 3.95. The van der Waals surface area contributed by atoms with E-state index in [1.54, 1.807) is 6.07 Å². The number of carbonyl (C=O) groups excluding carboxylic acids is 1. The van der Waals surface area contributed by atoms with E-state index >= 15 is 0 Å². The van der Waals surface area contributed by atoms with Gasteiger partial charge in [0.1, 0.15) is 0 Å². The Morgan fingerprint density at radius 3 is 2.24 bits per heavy atom. The average Bonchev–Trinajstić information content (AvgIpc) is 2.46. The molecule has 0 saturated carbocycles. The van der Waals surface area contributed by atoms with E-state index in [0.717, 1.165) is 35.2 Å². The van der Waals surface area contributed by atoms with Gasteiger partial charge in [-0.1, -0.05) is 32.0 Å². The highest BCUT2D eigenvalue weighted by Crippen LogP contribution is 2.23. The molecule has 0 fully saturated rings. The van der Waals surface area contributed by atoms with Gasteiger partial charge in [0.15, 0.2) is 0 Å². The first kappa shape index (κ1) is 15.1. The Kier molecular flexibility index (Phi) is 4.63. The van der Waals surface area contributed by atoms with Crippen LogP contribution in [0.2, 0.25) is 0 Å². The molecule has 0 unspecified atom stereocenters. The third kappa shape index (κ3) is 3.43. The van der Waals surface area contributed by atoms with E-state index < -0.39 is 0 Å². The van der Waals surface area contributed by atoms with Gasteiger partial charge in [-0.15, -0.1) is 0 Å². The number of nitrogens with one attached hydrogen (secondary N) is 1. The Morgan fingerprint density at radius 1 is 1.10 bits per heavy atom. The second kappa shape index (κ2) is 6.44. The largest absolute Gasteiger partial charge is 0.399 e. The van der Waals surface area contributed by atoms with Gasteiger partial charge in [0.2, 0.25) is 0 Å². The lowest BCUT2D eigenvalue weighted by molar-refractivity contribution is 0.102. The Balaban J connectivity index is 2.35. The van der Waals surface area contributed by atoms with Gasteiger partial charge in [-0.3, -0.25) is 4.79 Å². The molecule has 3 heteroatoms. The topological polar surface area (TPSA) is 55.1 Å². The van der Waals surface area contributed by atoms with Gasteiger partial charge in [0, 0.05) is 16.9 Å². The van der Waals surface area contributed by atoms with Crippen LogP contribution in [0.1, 0.15) is 40.9 Å². The fraction of sp³-hybridized carbons (Fsp3) is 0.278. The zero-order valence-electron chi connectivity index (χ0n) is 12.9. The number of nitrogens with two attached hydrogens (primary N) is 1. The van der Waals surface area contributed by atoms with Gasteiger partial charge in [-0.2, -0.15) is 0 Å². The first-order valence-corrected chi connectivity index (χ1v) is 7.34. The highest BCUT2D eigenvalue weighted by molar-refractivity contribution is 6.05. The third-order valence-electron chi connectivity index (χ3n) is 3.60. The molecule has 110 valence electrons. The van der Waals surface area contributed by atoms with Gasteiger partial charge < -0.3 is 11.1 Å². The third-order valence-corrected chi connectivity index (χ3v) is 3.60. The molecule has 0 aliphatic heterocycles. The van der Waals surface area contributed by atoms with E-state index in [2.05, 4.69) is 31.3 Å². The lowest BCUT2D eigenvalue weighted by Gasteiger charge is -2.15. The zero-order valence-corrected chi connectivity index (χ0v) is 12.9. The van der Waals surface area contributed by atoms with E-state index in [-0.39, 0.29) is 5.91 Å². The molecule has 3 nitrogen and oxygen atoms in total. The number of amides is 1. The van der Waals surface area contributed by atoms with Crippen molar-refractivity contribution < 1.29 is 4.79 Å². The number of nitrogen functional groups attached to an aromatic ring is 1. The normalized spacial score (nSPS) is 10.4. The number of aryl methyl sites for hydroxylation is 3. The molecule has 2 aromatic rings. The maximum Gasteiger partial charge on any atom is 0.255 e. The second-order valence-electron chi connectivity index (χ2n) is 5.24. The zero-order chi connectivity index (χ0) is 15.4. The summed E-state index contributed by atoms with van der Waals surface area (Å²) in [4.78, 5) is 12.5. The van der Waals surface area contributed by atoms with Crippen LogP contribution in [0, 0.1) is 6.92 Å². The van der Waals surface area contributed by atoms with Crippen LogP contribution in [0.3, 0.4) is 0 Å². The molecule has 3 N–H and O–H groups in total. The molecule has 0 bridgehead atoms. The van der Waals surface area contributed by atoms with Crippen molar-refractivity contribution >= 4 is 17.3 Å². The molecule has 2 aromatic carbocycles. The number of carbonyl (C=O) groups is 1. The fourth-order valence-corrected chi connectivity index (χ4v) is 2.53. The maximum atomic E-state index is 12.5. The molecule has 0 atom stereocenters. The monoisotopic (exact) mass is 282 g/mol. The molecule has 0 spiro atoms. The molecule has 0 heterocycles. The quantitative estimate of drug-likeness (QED) is 0.834. The molecule has 1 amide bonds. The van der Waals surface area contributed by atoms with Gasteiger partial charge >= 0.3 is 0 Å². The first-order valence-electron chi connectivity index (χ1n) is 7.34. The average molecular weight is 282 g/mol. The molecule has 0 aliphatic rings. The van der Waals surface area contributed by atoms with E-state index in [4.69, 9.17) is 5.73 Å². The molecular formula is C18H22N2O. The van der Waals surface area contributed by atoms with Crippen LogP contribution < -0.4 is 11.1 Å². The second-order valence-corrected chi connectivity index (χ2v) is 5.24. The summed E-state index contributed by atoms with van der Waals surface area (Å²) in [6.07, 6.45) is 1.78. The first-order chi connectivity index (χ1) is 10.0. The minimum atomic E-state index is -0.110. The smallest absolute Gasteiger partial charge is 0.255 e. The standard InChI is InChI=1S/C18H22N2O/c1-4-13-7-6-8-14(5-2)17(13)20-18(21)15-9-12(3)10-16(19)11-15/h6-11H,4-5,19H2,1-3H3,(H,20,21). The lowest BCUT2D eigenvalue weighted by atomic mass is 10.0. The fourth-order valence-electron chi connectivity index (χ4n) is 2.53. The molecule has 0 aromatic heterocycles. The number of anilines is 2. The van der Waals surface area contributed by atoms with Gasteiger partial charge in [0.25, 0.3) is 5.91 Å². The Bertz CT molecular complexity index is 620. The van der Waals surface area contributed by atoms with Gasteiger partial charge in [-0.25, -0.2) is 0 Å². The minimum absolute atomic E-state index is 0.110. The summed E-state index contributed by atoms with van der Waals surface area (Å²) in [6, 6.07) is 11.6. The molecule has 0 radical (unpaired) electrons. The lowest BCUT2D eigenvalue weighted by Crippen LogP contribution is -2.15. The van der Waals surface area contributed by atoms with Crippen molar-refractivity contribution in [2.24, 2.45) is 0 Å². The van der Waals surface area contributed by atoms with Crippen molar-refractivity contribution in [3.05, 3.63) is 58.7 Å². The molecule has 2 rings (SSSR count). The summed E-state index contributed by atoms with van der Waals surface area (Å²) in [5.41, 5.74) is 11.3. The molecule has 21 heavy (non-hydrogen) atoms. The Hall–Kier alpha value is -2.29. The summed E-state index contributed by atoms with van der Waals surface area (Å²) in [6.45, 7) is 6.12. The minimum Gasteiger partial charge on any atom is -0.399 e. The number of rotatable bonds is 4. The van der Waals surface area contributed by atoms with E-state index in [0.29, 0.717) is 11.3 Å². The Morgan fingerprint density at radius 2 is 1.71 bits per heavy atom. The highest BCUT2D eigenvalue weighted by Gasteiger charge is 2.12. The van der Waals surface area contributed by atoms with Crippen LogP contribution in [-0.4, -0.2) is 5.91 Å². The molecule has 0 aliphatic carbocycles. The van der Waals surface area contributed by atoms with Gasteiger partial charge in [-0.05, 0) is 54.7 Å². The van der Waals surface area contributed by atoms with Crippen molar-refractivity contribution in [3.63, 3.8) is 0 Å². The van der Waals surface area contributed by atoms with Crippen molar-refractivity contribution in [3.8, 4) is 0 Å². The highest BCUT2D eigenvalue weighted by atomic mass is 16.1. The van der Waals surface area contributed by atoms with E-state index in [1.165, 1.54) is 0 Å². The summed E-state index contributed by atoms with van der Waals surface area (Å²) in [7, 11) is 0. The van der Waals surface area contributed by atoms with Crippen LogP contribution in [0.25, 0.3) is 0 Å². The summed E-state index contributed by atoms with van der Waals surface area (Å²) in [5, 5.41) is 3.06. The number of hydrogen-bond acceptors (Lipinski definition) is 2. The SMILES string of the molecule is CCc1cccc(CC)c1NC(=O)c1cc(C)cc(N)c1. The summed E-state index contributed by atoms with van der Waals surface area (Å²) < 4.78 is 0. The van der Waals surface area contributed by atoms with Crippen LogP contribution in [0.15, 0.2) is 36.4 Å². The van der Waals surface area contributed by atoms with Crippen LogP contribution in [0.5, 0.6) is 0 Å². The summed E-state index contributed by atoms with van der Waals surface area (Å²) in [5.74, 6) is -0.110. The van der Waals surface area contributed by atoms with Crippen molar-refractivity contribution in [1.82, 2.24) is 0 Å². The van der Waals surface area contributed by atoms with Crippen molar-refractivity contribution in [2.75, 3.05) is 11.1 Å². The van der Waals surface area contributed by atoms with Crippen LogP contribution in [-0.2, 0) is 12.8 Å². The van der Waals surface area contributed by atoms with Crippen LogP contribution in [0.4, 0.5) is 11.4 Å². The van der Waals surface area contributed by atoms with Gasteiger partial charge in [0.05, 0.1) is 0 Å². The van der Waals surface area contributed by atoms with Crippen molar-refractivity contribution in [1.29, 1.82) is 0 Å². The summed E-state index contributed by atoms with van der Waals surface area (Å²) >= 11 is 0. The molecule has 0 saturated heterocycles. The molecular weight excluding hydrogens is 260 g/mol. The van der Waals surface area contributed by atoms with Crippen molar-refractivity contribution in [2.45, 2.75) is 33.6 Å². The Labute approximate surface area is 126 Å². The van der Waals surface area contributed by atoms with Crippen LogP contribution >= 0.6 is 0 Å². The maximum absolute atomic E-state index is 12.5. The van der Waals surface area contributed by atoms with E-state index in [1.807, 2.05) is 25.1 Å². The predicted molar refractivity (Wildman–Crippen MR) is 88.7 cm³/mol. The number of para-hydroxylation sites is 1. The number of hydrogen-bond donors (Lipinski definition) is 2.